The van der Waals surface area contributed by atoms with Crippen LogP contribution in [0.25, 0.3) is 0 Å². The normalized spacial score (nSPS) is 15.4. The van der Waals surface area contributed by atoms with Gasteiger partial charge < -0.3 is 14.8 Å². The number of methoxy groups -OCH3 is 2. The molecule has 0 saturated heterocycles. The molecule has 1 aromatic carbocycles. The number of carbonyl (C=O) groups excluding carboxylic acids is 1. The maximum Gasteiger partial charge on any atom is 0.225 e. The number of ether oxygens (including phenoxy) is 2. The van der Waals surface area contributed by atoms with Crippen molar-refractivity contribution >= 4 is 21.6 Å². The van der Waals surface area contributed by atoms with Gasteiger partial charge in [-0.15, -0.1) is 0 Å². The average Bonchev–Trinajstić information content (AvgIpc) is 3.07. The van der Waals surface area contributed by atoms with Crippen LogP contribution in [0.2, 0.25) is 0 Å². The minimum Gasteiger partial charge on any atom is -0.493 e. The highest BCUT2D eigenvalue weighted by molar-refractivity contribution is 7.88. The first-order valence-corrected chi connectivity index (χ1v) is 10.2. The molecular formula is C17H26N2O5S. The summed E-state index contributed by atoms with van der Waals surface area (Å²) in [5.41, 5.74) is 0.578. The van der Waals surface area contributed by atoms with Crippen molar-refractivity contribution in [3.8, 4) is 11.5 Å². The van der Waals surface area contributed by atoms with E-state index in [1.807, 2.05) is 0 Å². The highest BCUT2D eigenvalue weighted by atomic mass is 32.2. The smallest absolute Gasteiger partial charge is 0.225 e. The molecule has 1 saturated carbocycles. The lowest BCUT2D eigenvalue weighted by atomic mass is 10.2. The topological polar surface area (TPSA) is 84.9 Å². The van der Waals surface area contributed by atoms with Crippen molar-refractivity contribution in [2.24, 2.45) is 0 Å². The van der Waals surface area contributed by atoms with Crippen LogP contribution in [0.15, 0.2) is 18.2 Å². The minimum absolute atomic E-state index is 0.0175. The number of amides is 1. The molecule has 0 spiro atoms. The number of anilines is 1. The first-order chi connectivity index (χ1) is 11.8. The van der Waals surface area contributed by atoms with Gasteiger partial charge in [-0.3, -0.25) is 4.79 Å². The zero-order valence-electron chi connectivity index (χ0n) is 14.9. The van der Waals surface area contributed by atoms with Gasteiger partial charge in [0.05, 0.1) is 20.5 Å². The second kappa shape index (κ2) is 8.53. The molecule has 140 valence electrons. The Kier molecular flexibility index (Phi) is 6.66. The van der Waals surface area contributed by atoms with E-state index >= 15 is 0 Å². The summed E-state index contributed by atoms with van der Waals surface area (Å²) in [4.78, 5) is 12.2. The molecule has 2 rings (SSSR count). The van der Waals surface area contributed by atoms with Gasteiger partial charge >= 0.3 is 0 Å². The van der Waals surface area contributed by atoms with E-state index in [1.54, 1.807) is 25.3 Å². The second-order valence-electron chi connectivity index (χ2n) is 6.18. The minimum atomic E-state index is -3.32. The van der Waals surface area contributed by atoms with Crippen molar-refractivity contribution in [1.29, 1.82) is 0 Å². The molecule has 0 heterocycles. The lowest BCUT2D eigenvalue weighted by Gasteiger charge is -2.26. The van der Waals surface area contributed by atoms with E-state index in [0.717, 1.165) is 25.7 Å². The molecule has 1 aromatic rings. The van der Waals surface area contributed by atoms with Crippen molar-refractivity contribution in [2.75, 3.05) is 32.3 Å². The van der Waals surface area contributed by atoms with E-state index in [-0.39, 0.29) is 24.9 Å². The zero-order valence-corrected chi connectivity index (χ0v) is 15.8. The molecule has 7 nitrogen and oxygen atoms in total. The van der Waals surface area contributed by atoms with E-state index in [2.05, 4.69) is 5.32 Å². The van der Waals surface area contributed by atoms with Crippen molar-refractivity contribution < 1.29 is 22.7 Å². The standard InChI is InChI=1S/C17H26N2O5S/c1-23-15-9-8-13(12-16(15)24-2)18-17(20)10-11-19(25(3,21)22)14-6-4-5-7-14/h8-9,12,14H,4-7,10-11H2,1-3H3,(H,18,20). The van der Waals surface area contributed by atoms with E-state index in [1.165, 1.54) is 17.7 Å². The highest BCUT2D eigenvalue weighted by Gasteiger charge is 2.29. The summed E-state index contributed by atoms with van der Waals surface area (Å²) in [5, 5.41) is 2.77. The Labute approximate surface area is 149 Å². The van der Waals surface area contributed by atoms with Gasteiger partial charge in [0.1, 0.15) is 0 Å². The Morgan fingerprint density at radius 1 is 1.20 bits per heavy atom. The lowest BCUT2D eigenvalue weighted by Crippen LogP contribution is -2.39. The Hall–Kier alpha value is -1.80. The van der Waals surface area contributed by atoms with Crippen molar-refractivity contribution in [2.45, 2.75) is 38.1 Å². The Morgan fingerprint density at radius 2 is 1.84 bits per heavy atom. The summed E-state index contributed by atoms with van der Waals surface area (Å²) in [6.07, 6.45) is 5.12. The van der Waals surface area contributed by atoms with Crippen LogP contribution < -0.4 is 14.8 Å². The van der Waals surface area contributed by atoms with Crippen molar-refractivity contribution in [3.05, 3.63) is 18.2 Å². The highest BCUT2D eigenvalue weighted by Crippen LogP contribution is 2.30. The van der Waals surface area contributed by atoms with Crippen LogP contribution in [-0.4, -0.2) is 51.7 Å². The van der Waals surface area contributed by atoms with Gasteiger partial charge in [-0.2, -0.15) is 4.31 Å². The second-order valence-corrected chi connectivity index (χ2v) is 8.11. The SMILES string of the molecule is COc1ccc(NC(=O)CCN(C2CCCC2)S(C)(=O)=O)cc1OC. The third-order valence-corrected chi connectivity index (χ3v) is 5.72. The fraction of sp³-hybridized carbons (Fsp3) is 0.588. The molecule has 1 amide bonds. The quantitative estimate of drug-likeness (QED) is 0.758. The van der Waals surface area contributed by atoms with E-state index < -0.39 is 10.0 Å². The molecule has 0 bridgehead atoms. The van der Waals surface area contributed by atoms with Crippen LogP contribution in [-0.2, 0) is 14.8 Å². The fourth-order valence-electron chi connectivity index (χ4n) is 3.16. The Morgan fingerprint density at radius 3 is 2.40 bits per heavy atom. The van der Waals surface area contributed by atoms with Gasteiger partial charge in [-0.25, -0.2) is 8.42 Å². The fourth-order valence-corrected chi connectivity index (χ4v) is 4.34. The Balaban J connectivity index is 1.97. The summed E-state index contributed by atoms with van der Waals surface area (Å²) >= 11 is 0. The largest absolute Gasteiger partial charge is 0.493 e. The maximum atomic E-state index is 12.2. The number of carbonyl (C=O) groups is 1. The molecule has 0 unspecified atom stereocenters. The lowest BCUT2D eigenvalue weighted by molar-refractivity contribution is -0.116. The first kappa shape index (κ1) is 19.5. The average molecular weight is 370 g/mol. The van der Waals surface area contributed by atoms with E-state index in [9.17, 15) is 13.2 Å². The van der Waals surface area contributed by atoms with Gasteiger partial charge in [0.15, 0.2) is 11.5 Å². The molecule has 0 atom stereocenters. The van der Waals surface area contributed by atoms with Gasteiger partial charge in [0.25, 0.3) is 0 Å². The van der Waals surface area contributed by atoms with Crippen molar-refractivity contribution in [1.82, 2.24) is 4.31 Å². The predicted octanol–water partition coefficient (Wildman–Crippen LogP) is 2.24. The number of benzene rings is 1. The maximum absolute atomic E-state index is 12.2. The predicted molar refractivity (Wildman–Crippen MR) is 96.6 cm³/mol. The number of rotatable bonds is 8. The third kappa shape index (κ3) is 5.34. The number of sulfonamides is 1. The molecule has 8 heteroatoms. The molecule has 0 aromatic heterocycles. The molecule has 0 aliphatic heterocycles. The molecular weight excluding hydrogens is 344 g/mol. The van der Waals surface area contributed by atoms with Gasteiger partial charge in [-0.05, 0) is 25.0 Å². The summed E-state index contributed by atoms with van der Waals surface area (Å²) in [6, 6.07) is 5.10. The van der Waals surface area contributed by atoms with E-state index in [4.69, 9.17) is 9.47 Å². The van der Waals surface area contributed by atoms with Crippen LogP contribution in [0.5, 0.6) is 11.5 Å². The Bertz CT molecular complexity index is 699. The number of nitrogens with one attached hydrogen (secondary N) is 1. The molecule has 1 aliphatic rings. The summed E-state index contributed by atoms with van der Waals surface area (Å²) in [6.45, 7) is 0.197. The van der Waals surface area contributed by atoms with Crippen LogP contribution in [0.1, 0.15) is 32.1 Å². The van der Waals surface area contributed by atoms with Crippen LogP contribution in [0.4, 0.5) is 5.69 Å². The summed E-state index contributed by atoms with van der Waals surface area (Å²) in [5.74, 6) is 0.855. The van der Waals surface area contributed by atoms with Gasteiger partial charge in [-0.1, -0.05) is 12.8 Å². The monoisotopic (exact) mass is 370 g/mol. The molecule has 1 N–H and O–H groups in total. The number of nitrogens with zero attached hydrogens (tertiary/aromatic N) is 1. The van der Waals surface area contributed by atoms with Crippen molar-refractivity contribution in [3.63, 3.8) is 0 Å². The van der Waals surface area contributed by atoms with Gasteiger partial charge in [0.2, 0.25) is 15.9 Å². The van der Waals surface area contributed by atoms with E-state index in [0.29, 0.717) is 17.2 Å². The summed E-state index contributed by atoms with van der Waals surface area (Å²) in [7, 11) is -0.256. The van der Waals surface area contributed by atoms with Crippen LogP contribution in [0, 0.1) is 0 Å². The molecule has 0 radical (unpaired) electrons. The summed E-state index contributed by atoms with van der Waals surface area (Å²) < 4.78 is 35.8. The molecule has 25 heavy (non-hydrogen) atoms. The first-order valence-electron chi connectivity index (χ1n) is 8.34. The zero-order chi connectivity index (χ0) is 18.4. The molecule has 1 fully saturated rings. The third-order valence-electron chi connectivity index (χ3n) is 4.38. The van der Waals surface area contributed by atoms with Crippen LogP contribution >= 0.6 is 0 Å². The van der Waals surface area contributed by atoms with Crippen LogP contribution in [0.3, 0.4) is 0 Å². The molecule has 1 aliphatic carbocycles. The van der Waals surface area contributed by atoms with Gasteiger partial charge in [0, 0.05) is 30.8 Å². The number of hydrogen-bond acceptors (Lipinski definition) is 5. The number of hydrogen-bond donors (Lipinski definition) is 1.